The van der Waals surface area contributed by atoms with E-state index in [0.29, 0.717) is 17.3 Å². The maximum Gasteiger partial charge on any atom is 0.258 e. The predicted octanol–water partition coefficient (Wildman–Crippen LogP) is 2.69. The van der Waals surface area contributed by atoms with Crippen molar-refractivity contribution in [1.29, 1.82) is 0 Å². The van der Waals surface area contributed by atoms with Gasteiger partial charge in [0.15, 0.2) is 0 Å². The van der Waals surface area contributed by atoms with E-state index in [9.17, 15) is 5.11 Å². The third-order valence-corrected chi connectivity index (χ3v) is 2.73. The van der Waals surface area contributed by atoms with Crippen LogP contribution in [0.2, 0.25) is 0 Å². The molecule has 0 aliphatic heterocycles. The lowest BCUT2D eigenvalue weighted by molar-refractivity contribution is 0.432. The number of rotatable bonds is 2. The van der Waals surface area contributed by atoms with Crippen LogP contribution in [0, 0.1) is 0 Å². The van der Waals surface area contributed by atoms with E-state index in [0.717, 1.165) is 5.56 Å². The summed E-state index contributed by atoms with van der Waals surface area (Å²) in [6.07, 6.45) is 0. The van der Waals surface area contributed by atoms with Crippen molar-refractivity contribution in [2.45, 2.75) is 0 Å². The average molecular weight is 253 g/mol. The molecule has 94 valence electrons. The van der Waals surface area contributed by atoms with Gasteiger partial charge in [0.05, 0.1) is 5.69 Å². The molecular formula is C14H11N3O2. The minimum absolute atomic E-state index is 0.0338. The van der Waals surface area contributed by atoms with E-state index in [1.807, 2.05) is 30.3 Å². The minimum atomic E-state index is 0.0338. The Bertz CT molecular complexity index is 708. The van der Waals surface area contributed by atoms with Gasteiger partial charge in [-0.1, -0.05) is 35.5 Å². The molecule has 0 aliphatic rings. The molecule has 3 aromatic rings. The Hall–Kier alpha value is -2.82. The summed E-state index contributed by atoms with van der Waals surface area (Å²) in [5, 5.41) is 13.3. The molecule has 3 rings (SSSR count). The zero-order valence-corrected chi connectivity index (χ0v) is 9.95. The molecule has 0 amide bonds. The van der Waals surface area contributed by atoms with E-state index in [4.69, 9.17) is 10.3 Å². The van der Waals surface area contributed by atoms with Crippen LogP contribution in [-0.2, 0) is 0 Å². The SMILES string of the molecule is Nc1cc(-c2nc(-c3ccccc3)no2)ccc1O. The maximum absolute atomic E-state index is 9.38. The van der Waals surface area contributed by atoms with E-state index in [1.54, 1.807) is 12.1 Å². The van der Waals surface area contributed by atoms with Gasteiger partial charge in [-0.05, 0) is 18.2 Å². The van der Waals surface area contributed by atoms with Crippen LogP contribution in [0.15, 0.2) is 53.1 Å². The normalized spacial score (nSPS) is 10.5. The summed E-state index contributed by atoms with van der Waals surface area (Å²) in [5.74, 6) is 0.916. The van der Waals surface area contributed by atoms with Gasteiger partial charge in [0.2, 0.25) is 5.82 Å². The van der Waals surface area contributed by atoms with Crippen LogP contribution in [0.4, 0.5) is 5.69 Å². The lowest BCUT2D eigenvalue weighted by Gasteiger charge is -1.99. The zero-order valence-electron chi connectivity index (χ0n) is 9.95. The molecule has 0 saturated carbocycles. The highest BCUT2D eigenvalue weighted by Gasteiger charge is 2.11. The van der Waals surface area contributed by atoms with Crippen molar-refractivity contribution in [3.05, 3.63) is 48.5 Å². The molecule has 5 heteroatoms. The van der Waals surface area contributed by atoms with Crippen LogP contribution < -0.4 is 5.73 Å². The van der Waals surface area contributed by atoms with Crippen molar-refractivity contribution in [3.63, 3.8) is 0 Å². The molecule has 2 aromatic carbocycles. The van der Waals surface area contributed by atoms with Gasteiger partial charge in [0.1, 0.15) is 5.75 Å². The summed E-state index contributed by atoms with van der Waals surface area (Å²) in [7, 11) is 0. The van der Waals surface area contributed by atoms with Gasteiger partial charge in [-0.3, -0.25) is 0 Å². The molecule has 0 saturated heterocycles. The molecule has 0 aliphatic carbocycles. The molecule has 1 aromatic heterocycles. The van der Waals surface area contributed by atoms with Crippen molar-refractivity contribution in [2.75, 3.05) is 5.73 Å². The van der Waals surface area contributed by atoms with Crippen molar-refractivity contribution in [2.24, 2.45) is 0 Å². The number of nitrogen functional groups attached to an aromatic ring is 1. The molecular weight excluding hydrogens is 242 g/mol. The van der Waals surface area contributed by atoms with Crippen molar-refractivity contribution < 1.29 is 9.63 Å². The average Bonchev–Trinajstić information content (AvgIpc) is 2.93. The number of phenols is 1. The Morgan fingerprint density at radius 1 is 1.00 bits per heavy atom. The fourth-order valence-electron chi connectivity index (χ4n) is 1.73. The fraction of sp³-hybridized carbons (Fsp3) is 0. The molecule has 0 spiro atoms. The summed E-state index contributed by atoms with van der Waals surface area (Å²) in [4.78, 5) is 4.31. The zero-order chi connectivity index (χ0) is 13.2. The summed E-state index contributed by atoms with van der Waals surface area (Å²) < 4.78 is 5.20. The van der Waals surface area contributed by atoms with Gasteiger partial charge >= 0.3 is 0 Å². The number of nitrogens with zero attached hydrogens (tertiary/aromatic N) is 2. The molecule has 0 bridgehead atoms. The van der Waals surface area contributed by atoms with Crippen molar-refractivity contribution in [3.8, 4) is 28.6 Å². The summed E-state index contributed by atoms with van der Waals surface area (Å²) in [5.41, 5.74) is 7.46. The largest absolute Gasteiger partial charge is 0.506 e. The first kappa shape index (κ1) is 11.3. The number of phenolic OH excluding ortho intramolecular Hbond substituents is 1. The highest BCUT2D eigenvalue weighted by Crippen LogP contribution is 2.27. The van der Waals surface area contributed by atoms with Gasteiger partial charge in [-0.2, -0.15) is 4.98 Å². The van der Waals surface area contributed by atoms with Crippen LogP contribution in [-0.4, -0.2) is 15.2 Å². The second kappa shape index (κ2) is 4.45. The topological polar surface area (TPSA) is 85.2 Å². The Kier molecular flexibility index (Phi) is 2.64. The second-order valence-corrected chi connectivity index (χ2v) is 4.06. The number of aromatic nitrogens is 2. The number of hydrogen-bond donors (Lipinski definition) is 2. The molecule has 5 nitrogen and oxygen atoms in total. The Morgan fingerprint density at radius 3 is 2.53 bits per heavy atom. The number of hydrogen-bond acceptors (Lipinski definition) is 5. The lowest BCUT2D eigenvalue weighted by Crippen LogP contribution is -1.87. The molecule has 0 unspecified atom stereocenters. The number of nitrogens with two attached hydrogens (primary N) is 1. The van der Waals surface area contributed by atoms with Crippen LogP contribution in [0.1, 0.15) is 0 Å². The first-order chi connectivity index (χ1) is 9.24. The lowest BCUT2D eigenvalue weighted by atomic mass is 10.2. The van der Waals surface area contributed by atoms with Crippen molar-refractivity contribution in [1.82, 2.24) is 10.1 Å². The molecule has 0 radical (unpaired) electrons. The Labute approximate surface area is 109 Å². The number of benzene rings is 2. The first-order valence-corrected chi connectivity index (χ1v) is 5.72. The molecule has 3 N–H and O–H groups in total. The summed E-state index contributed by atoms with van der Waals surface area (Å²) >= 11 is 0. The fourth-order valence-corrected chi connectivity index (χ4v) is 1.73. The van der Waals surface area contributed by atoms with Crippen molar-refractivity contribution >= 4 is 5.69 Å². The van der Waals surface area contributed by atoms with Crippen LogP contribution in [0.25, 0.3) is 22.8 Å². The third kappa shape index (κ3) is 2.13. The van der Waals surface area contributed by atoms with Crippen LogP contribution in [0.5, 0.6) is 5.75 Å². The molecule has 0 atom stereocenters. The predicted molar refractivity (Wildman–Crippen MR) is 71.2 cm³/mol. The van der Waals surface area contributed by atoms with Crippen LogP contribution >= 0.6 is 0 Å². The standard InChI is InChI=1S/C14H11N3O2/c15-11-8-10(6-7-12(11)18)14-16-13(17-19-14)9-4-2-1-3-5-9/h1-8,18H,15H2. The number of anilines is 1. The molecule has 0 fully saturated rings. The second-order valence-electron chi connectivity index (χ2n) is 4.06. The monoisotopic (exact) mass is 253 g/mol. The molecule has 1 heterocycles. The quantitative estimate of drug-likeness (QED) is 0.541. The summed E-state index contributed by atoms with van der Waals surface area (Å²) in [6.45, 7) is 0. The van der Waals surface area contributed by atoms with Gasteiger partial charge in [0.25, 0.3) is 5.89 Å². The van der Waals surface area contributed by atoms with Gasteiger partial charge < -0.3 is 15.4 Å². The third-order valence-electron chi connectivity index (χ3n) is 2.73. The van der Waals surface area contributed by atoms with E-state index >= 15 is 0 Å². The highest BCUT2D eigenvalue weighted by atomic mass is 16.5. The highest BCUT2D eigenvalue weighted by molar-refractivity contribution is 5.66. The van der Waals surface area contributed by atoms with E-state index in [2.05, 4.69) is 10.1 Å². The van der Waals surface area contributed by atoms with E-state index in [1.165, 1.54) is 6.07 Å². The minimum Gasteiger partial charge on any atom is -0.506 e. The van der Waals surface area contributed by atoms with Gasteiger partial charge in [0, 0.05) is 11.1 Å². The maximum atomic E-state index is 9.38. The molecule has 19 heavy (non-hydrogen) atoms. The summed E-state index contributed by atoms with van der Waals surface area (Å²) in [6, 6.07) is 14.3. The van der Waals surface area contributed by atoms with E-state index < -0.39 is 0 Å². The van der Waals surface area contributed by atoms with E-state index in [-0.39, 0.29) is 11.4 Å². The smallest absolute Gasteiger partial charge is 0.258 e. The van der Waals surface area contributed by atoms with Gasteiger partial charge in [-0.25, -0.2) is 0 Å². The number of aromatic hydroxyl groups is 1. The van der Waals surface area contributed by atoms with Gasteiger partial charge in [-0.15, -0.1) is 0 Å². The Morgan fingerprint density at radius 2 is 1.79 bits per heavy atom. The van der Waals surface area contributed by atoms with Crippen LogP contribution in [0.3, 0.4) is 0 Å². The Balaban J connectivity index is 1.99. The first-order valence-electron chi connectivity index (χ1n) is 5.72.